The van der Waals surface area contributed by atoms with Crippen molar-refractivity contribution in [3.8, 4) is 0 Å². The van der Waals surface area contributed by atoms with Crippen molar-refractivity contribution < 1.29 is 19.5 Å². The van der Waals surface area contributed by atoms with Crippen LogP contribution in [0.2, 0.25) is 0 Å². The SMILES string of the molecule is Cc1ccc(C(=O)C[C@H](C(=O)N2CCC[C@H]2C(=O)O)C(C)C)cc1. The van der Waals surface area contributed by atoms with Gasteiger partial charge in [-0.2, -0.15) is 0 Å². The molecule has 0 saturated carbocycles. The fraction of sp³-hybridized carbons (Fsp3) is 0.526. The molecule has 5 nitrogen and oxygen atoms in total. The molecule has 1 N–H and O–H groups in total. The second kappa shape index (κ2) is 7.60. The lowest BCUT2D eigenvalue weighted by Crippen LogP contribution is -2.45. The number of carbonyl (C=O) groups is 3. The summed E-state index contributed by atoms with van der Waals surface area (Å²) in [4.78, 5) is 38.1. The van der Waals surface area contributed by atoms with Crippen molar-refractivity contribution in [3.63, 3.8) is 0 Å². The van der Waals surface area contributed by atoms with Gasteiger partial charge in [-0.25, -0.2) is 4.79 Å². The van der Waals surface area contributed by atoms with Crippen molar-refractivity contribution in [2.24, 2.45) is 11.8 Å². The van der Waals surface area contributed by atoms with E-state index in [1.165, 1.54) is 4.90 Å². The number of amides is 1. The smallest absolute Gasteiger partial charge is 0.326 e. The molecule has 1 saturated heterocycles. The van der Waals surface area contributed by atoms with Crippen molar-refractivity contribution >= 4 is 17.7 Å². The topological polar surface area (TPSA) is 74.7 Å². The van der Waals surface area contributed by atoms with Gasteiger partial charge in [0.2, 0.25) is 5.91 Å². The molecule has 0 unspecified atom stereocenters. The van der Waals surface area contributed by atoms with Crippen LogP contribution in [0, 0.1) is 18.8 Å². The van der Waals surface area contributed by atoms with Crippen molar-refractivity contribution in [1.29, 1.82) is 0 Å². The number of aryl methyl sites for hydroxylation is 1. The van der Waals surface area contributed by atoms with Crippen LogP contribution in [0.4, 0.5) is 0 Å². The Bertz CT molecular complexity index is 621. The molecule has 130 valence electrons. The molecule has 1 aliphatic rings. The van der Waals surface area contributed by atoms with Gasteiger partial charge in [-0.3, -0.25) is 9.59 Å². The fourth-order valence-corrected chi connectivity index (χ4v) is 3.17. The fourth-order valence-electron chi connectivity index (χ4n) is 3.17. The minimum absolute atomic E-state index is 0.0260. The molecule has 0 bridgehead atoms. The van der Waals surface area contributed by atoms with Crippen molar-refractivity contribution in [1.82, 2.24) is 4.90 Å². The lowest BCUT2D eigenvalue weighted by atomic mass is 9.87. The first kappa shape index (κ1) is 18.2. The van der Waals surface area contributed by atoms with Crippen LogP contribution in [0.15, 0.2) is 24.3 Å². The third-order valence-corrected chi connectivity index (χ3v) is 4.72. The number of hydrogen-bond donors (Lipinski definition) is 1. The summed E-state index contributed by atoms with van der Waals surface area (Å²) in [6.07, 6.45) is 1.29. The molecule has 2 rings (SSSR count). The number of carboxylic acids is 1. The molecule has 1 amide bonds. The Morgan fingerprint density at radius 1 is 1.21 bits per heavy atom. The van der Waals surface area contributed by atoms with E-state index < -0.39 is 17.9 Å². The zero-order valence-corrected chi connectivity index (χ0v) is 14.5. The predicted octanol–water partition coefficient (Wildman–Crippen LogP) is 2.92. The number of hydrogen-bond acceptors (Lipinski definition) is 3. The van der Waals surface area contributed by atoms with Crippen LogP contribution in [-0.2, 0) is 9.59 Å². The number of likely N-dealkylation sites (tertiary alicyclic amines) is 1. The maximum Gasteiger partial charge on any atom is 0.326 e. The molecule has 2 atom stereocenters. The third-order valence-electron chi connectivity index (χ3n) is 4.72. The first-order valence-electron chi connectivity index (χ1n) is 8.44. The van der Waals surface area contributed by atoms with Gasteiger partial charge < -0.3 is 10.0 Å². The molecule has 0 radical (unpaired) electrons. The standard InChI is InChI=1S/C19H25NO4/c1-12(2)15(11-17(21)14-8-6-13(3)7-9-14)18(22)20-10-4-5-16(20)19(23)24/h6-9,12,15-16H,4-5,10-11H2,1-3H3,(H,23,24)/t15-,16-/m0/s1. The van der Waals surface area contributed by atoms with Crippen LogP contribution in [0.3, 0.4) is 0 Å². The second-order valence-electron chi connectivity index (χ2n) is 6.87. The summed E-state index contributed by atoms with van der Waals surface area (Å²) in [5.41, 5.74) is 1.67. The summed E-state index contributed by atoms with van der Waals surface area (Å²) < 4.78 is 0. The summed E-state index contributed by atoms with van der Waals surface area (Å²) in [5.74, 6) is -1.77. The molecular weight excluding hydrogens is 306 g/mol. The van der Waals surface area contributed by atoms with Gasteiger partial charge in [-0.15, -0.1) is 0 Å². The summed E-state index contributed by atoms with van der Waals surface area (Å²) in [6, 6.07) is 6.54. The number of Topliss-reactive ketones (excluding diaryl/α,β-unsaturated/α-hetero) is 1. The normalized spacial score (nSPS) is 18.7. The van der Waals surface area contributed by atoms with Gasteiger partial charge in [0.15, 0.2) is 5.78 Å². The van der Waals surface area contributed by atoms with Crippen molar-refractivity contribution in [2.75, 3.05) is 6.54 Å². The lowest BCUT2D eigenvalue weighted by Gasteiger charge is -2.28. The molecule has 1 heterocycles. The molecule has 1 aromatic rings. The minimum atomic E-state index is -0.965. The van der Waals surface area contributed by atoms with E-state index in [2.05, 4.69) is 0 Å². The van der Waals surface area contributed by atoms with Gasteiger partial charge in [0.05, 0.1) is 0 Å². The largest absolute Gasteiger partial charge is 0.480 e. The maximum atomic E-state index is 12.8. The maximum absolute atomic E-state index is 12.8. The summed E-state index contributed by atoms with van der Waals surface area (Å²) >= 11 is 0. The van der Waals surface area contributed by atoms with E-state index in [0.717, 1.165) is 5.56 Å². The van der Waals surface area contributed by atoms with Crippen LogP contribution in [0.1, 0.15) is 49.0 Å². The van der Waals surface area contributed by atoms with Gasteiger partial charge in [-0.1, -0.05) is 43.7 Å². The Balaban J connectivity index is 2.14. The van der Waals surface area contributed by atoms with Crippen LogP contribution in [0.25, 0.3) is 0 Å². The monoisotopic (exact) mass is 331 g/mol. The van der Waals surface area contributed by atoms with E-state index in [9.17, 15) is 19.5 Å². The summed E-state index contributed by atoms with van der Waals surface area (Å²) in [6.45, 7) is 6.21. The van der Waals surface area contributed by atoms with Crippen LogP contribution in [-0.4, -0.2) is 40.3 Å². The first-order valence-corrected chi connectivity index (χ1v) is 8.44. The van der Waals surface area contributed by atoms with Crippen LogP contribution < -0.4 is 0 Å². The van der Waals surface area contributed by atoms with E-state index >= 15 is 0 Å². The lowest BCUT2D eigenvalue weighted by molar-refractivity contribution is -0.150. The highest BCUT2D eigenvalue weighted by atomic mass is 16.4. The number of nitrogens with zero attached hydrogens (tertiary/aromatic N) is 1. The van der Waals surface area contributed by atoms with Gasteiger partial charge in [0, 0.05) is 24.4 Å². The summed E-state index contributed by atoms with van der Waals surface area (Å²) in [7, 11) is 0. The van der Waals surface area contributed by atoms with Gasteiger partial charge in [-0.05, 0) is 25.7 Å². The molecule has 0 aliphatic carbocycles. The van der Waals surface area contributed by atoms with Crippen LogP contribution in [0.5, 0.6) is 0 Å². The average Bonchev–Trinajstić information content (AvgIpc) is 3.02. The third kappa shape index (κ3) is 4.02. The molecule has 1 aromatic carbocycles. The van der Waals surface area contributed by atoms with E-state index in [1.54, 1.807) is 12.1 Å². The van der Waals surface area contributed by atoms with E-state index in [-0.39, 0.29) is 24.0 Å². The summed E-state index contributed by atoms with van der Waals surface area (Å²) in [5, 5.41) is 9.28. The number of benzene rings is 1. The highest BCUT2D eigenvalue weighted by molar-refractivity contribution is 5.99. The first-order chi connectivity index (χ1) is 11.3. The quantitative estimate of drug-likeness (QED) is 0.813. The van der Waals surface area contributed by atoms with E-state index in [4.69, 9.17) is 0 Å². The Labute approximate surface area is 142 Å². The number of ketones is 1. The van der Waals surface area contributed by atoms with Crippen LogP contribution >= 0.6 is 0 Å². The Kier molecular flexibility index (Phi) is 5.75. The highest BCUT2D eigenvalue weighted by Crippen LogP contribution is 2.26. The van der Waals surface area contributed by atoms with Crippen molar-refractivity contribution in [2.45, 2.75) is 46.1 Å². The molecular formula is C19H25NO4. The molecule has 0 spiro atoms. The minimum Gasteiger partial charge on any atom is -0.480 e. The number of carbonyl (C=O) groups excluding carboxylic acids is 2. The average molecular weight is 331 g/mol. The number of aliphatic carboxylic acids is 1. The van der Waals surface area contributed by atoms with E-state index in [1.807, 2.05) is 32.9 Å². The zero-order chi connectivity index (χ0) is 17.9. The number of carboxylic acid groups (broad SMARTS) is 1. The molecule has 5 heteroatoms. The highest BCUT2D eigenvalue weighted by Gasteiger charge is 2.38. The molecule has 24 heavy (non-hydrogen) atoms. The zero-order valence-electron chi connectivity index (χ0n) is 14.5. The Morgan fingerprint density at radius 2 is 1.83 bits per heavy atom. The predicted molar refractivity (Wildman–Crippen MR) is 90.8 cm³/mol. The van der Waals surface area contributed by atoms with Gasteiger partial charge >= 0.3 is 5.97 Å². The Hall–Kier alpha value is -2.17. The molecule has 1 aliphatic heterocycles. The molecule has 0 aromatic heterocycles. The van der Waals surface area contributed by atoms with Gasteiger partial charge in [0.25, 0.3) is 0 Å². The van der Waals surface area contributed by atoms with Crippen molar-refractivity contribution in [3.05, 3.63) is 35.4 Å². The van der Waals surface area contributed by atoms with E-state index in [0.29, 0.717) is 24.9 Å². The Morgan fingerprint density at radius 3 is 2.38 bits per heavy atom. The second-order valence-corrected chi connectivity index (χ2v) is 6.87. The molecule has 1 fully saturated rings. The number of rotatable bonds is 6. The van der Waals surface area contributed by atoms with Gasteiger partial charge in [0.1, 0.15) is 6.04 Å².